The van der Waals surface area contributed by atoms with Crippen molar-refractivity contribution < 1.29 is 9.53 Å². The Hall–Kier alpha value is -0.770. The highest BCUT2D eigenvalue weighted by Gasteiger charge is 2.34. The fourth-order valence-electron chi connectivity index (χ4n) is 1.89. The van der Waals surface area contributed by atoms with Gasteiger partial charge in [-0.05, 0) is 46.6 Å². The van der Waals surface area contributed by atoms with Gasteiger partial charge in [0.1, 0.15) is 5.60 Å². The lowest BCUT2D eigenvalue weighted by Crippen LogP contribution is -2.39. The first-order valence-corrected chi connectivity index (χ1v) is 5.53. The van der Waals surface area contributed by atoms with Crippen molar-refractivity contribution in [1.29, 1.82) is 0 Å². The van der Waals surface area contributed by atoms with Crippen molar-refractivity contribution in [3.8, 4) is 0 Å². The monoisotopic (exact) mass is 214 g/mol. The van der Waals surface area contributed by atoms with Gasteiger partial charge in [-0.1, -0.05) is 0 Å². The van der Waals surface area contributed by atoms with Crippen molar-refractivity contribution in [2.75, 3.05) is 13.1 Å². The molecule has 0 aromatic carbocycles. The molecule has 4 nitrogen and oxygen atoms in total. The molecule has 0 radical (unpaired) electrons. The van der Waals surface area contributed by atoms with Crippen LogP contribution in [0.3, 0.4) is 0 Å². The Morgan fingerprint density at radius 2 is 2.13 bits per heavy atom. The van der Waals surface area contributed by atoms with E-state index in [1.54, 1.807) is 4.90 Å². The number of likely N-dealkylation sites (tertiary alicyclic amines) is 1. The Kier molecular flexibility index (Phi) is 3.60. The van der Waals surface area contributed by atoms with E-state index in [0.29, 0.717) is 12.5 Å². The zero-order chi connectivity index (χ0) is 11.6. The number of nitrogens with zero attached hydrogens (tertiary/aromatic N) is 1. The van der Waals surface area contributed by atoms with Gasteiger partial charge in [0, 0.05) is 12.6 Å². The number of hydrogen-bond acceptors (Lipinski definition) is 3. The molecule has 2 unspecified atom stereocenters. The summed E-state index contributed by atoms with van der Waals surface area (Å²) < 4.78 is 5.33. The van der Waals surface area contributed by atoms with Gasteiger partial charge in [-0.2, -0.15) is 0 Å². The average molecular weight is 214 g/mol. The molecule has 0 aromatic heterocycles. The van der Waals surface area contributed by atoms with Crippen LogP contribution in [-0.4, -0.2) is 35.7 Å². The van der Waals surface area contributed by atoms with Gasteiger partial charge in [0.2, 0.25) is 0 Å². The van der Waals surface area contributed by atoms with Crippen LogP contribution >= 0.6 is 0 Å². The molecule has 0 bridgehead atoms. The molecule has 2 N–H and O–H groups in total. The van der Waals surface area contributed by atoms with Crippen LogP contribution in [0.15, 0.2) is 0 Å². The lowest BCUT2D eigenvalue weighted by atomic mass is 10.1. The topological polar surface area (TPSA) is 55.6 Å². The predicted octanol–water partition coefficient (Wildman–Crippen LogP) is 1.59. The molecule has 1 amide bonds. The summed E-state index contributed by atoms with van der Waals surface area (Å²) in [5.74, 6) is 0.424. The number of ether oxygens (including phenoxy) is 1. The molecular formula is C11H22N2O2. The van der Waals surface area contributed by atoms with Crippen LogP contribution in [0.25, 0.3) is 0 Å². The Morgan fingerprint density at radius 1 is 1.53 bits per heavy atom. The third-order valence-corrected chi connectivity index (χ3v) is 2.62. The van der Waals surface area contributed by atoms with Crippen LogP contribution in [-0.2, 0) is 4.74 Å². The van der Waals surface area contributed by atoms with Crippen molar-refractivity contribution in [2.45, 2.75) is 45.8 Å². The van der Waals surface area contributed by atoms with Crippen molar-refractivity contribution in [2.24, 2.45) is 11.7 Å². The van der Waals surface area contributed by atoms with Crippen LogP contribution in [0.2, 0.25) is 0 Å². The molecule has 4 heteroatoms. The van der Waals surface area contributed by atoms with Crippen molar-refractivity contribution in [3.63, 3.8) is 0 Å². The Balaban J connectivity index is 2.54. The molecule has 1 aliphatic rings. The van der Waals surface area contributed by atoms with E-state index in [9.17, 15) is 4.79 Å². The third kappa shape index (κ3) is 3.38. The van der Waals surface area contributed by atoms with E-state index in [-0.39, 0.29) is 12.1 Å². The first kappa shape index (κ1) is 12.3. The number of amides is 1. The minimum Gasteiger partial charge on any atom is -0.444 e. The summed E-state index contributed by atoms with van der Waals surface area (Å²) in [5.41, 5.74) is 5.19. The molecule has 0 aliphatic carbocycles. The molecule has 1 heterocycles. The number of nitrogens with two attached hydrogens (primary N) is 1. The summed E-state index contributed by atoms with van der Waals surface area (Å²) >= 11 is 0. The first-order chi connectivity index (χ1) is 6.83. The molecule has 88 valence electrons. The summed E-state index contributed by atoms with van der Waals surface area (Å²) in [6, 6.07) is 0.244. The summed E-state index contributed by atoms with van der Waals surface area (Å²) in [6.07, 6.45) is 0.765. The van der Waals surface area contributed by atoms with E-state index < -0.39 is 5.60 Å². The second kappa shape index (κ2) is 4.39. The highest BCUT2D eigenvalue weighted by Crippen LogP contribution is 2.24. The number of carbonyl (C=O) groups excluding carboxylic acids is 1. The lowest BCUT2D eigenvalue weighted by Gasteiger charge is -2.27. The molecule has 1 saturated heterocycles. The molecule has 0 saturated carbocycles. The van der Waals surface area contributed by atoms with Crippen LogP contribution in [0.1, 0.15) is 34.1 Å². The SMILES string of the molecule is CC1CC(CN)CN1C(=O)OC(C)(C)C. The smallest absolute Gasteiger partial charge is 0.410 e. The van der Waals surface area contributed by atoms with Gasteiger partial charge in [-0.25, -0.2) is 4.79 Å². The summed E-state index contributed by atoms with van der Waals surface area (Å²) in [4.78, 5) is 13.6. The van der Waals surface area contributed by atoms with Gasteiger partial charge in [0.25, 0.3) is 0 Å². The number of rotatable bonds is 1. The maximum atomic E-state index is 11.8. The largest absolute Gasteiger partial charge is 0.444 e. The van der Waals surface area contributed by atoms with Crippen molar-refractivity contribution in [3.05, 3.63) is 0 Å². The van der Waals surface area contributed by atoms with Gasteiger partial charge >= 0.3 is 6.09 Å². The average Bonchev–Trinajstić information content (AvgIpc) is 2.43. The summed E-state index contributed by atoms with van der Waals surface area (Å²) in [7, 11) is 0. The zero-order valence-corrected chi connectivity index (χ0v) is 10.1. The van der Waals surface area contributed by atoms with E-state index in [2.05, 4.69) is 0 Å². The van der Waals surface area contributed by atoms with Crippen LogP contribution in [0.4, 0.5) is 4.79 Å². The highest BCUT2D eigenvalue weighted by molar-refractivity contribution is 5.68. The molecule has 0 spiro atoms. The lowest BCUT2D eigenvalue weighted by molar-refractivity contribution is 0.0234. The van der Waals surface area contributed by atoms with Gasteiger partial charge < -0.3 is 15.4 Å². The minimum atomic E-state index is -0.419. The summed E-state index contributed by atoms with van der Waals surface area (Å²) in [6.45, 7) is 9.06. The van der Waals surface area contributed by atoms with Gasteiger partial charge in [0.15, 0.2) is 0 Å². The normalized spacial score (nSPS) is 26.9. The number of hydrogen-bond donors (Lipinski definition) is 1. The molecule has 2 atom stereocenters. The van der Waals surface area contributed by atoms with E-state index in [4.69, 9.17) is 10.5 Å². The second-order valence-corrected chi connectivity index (χ2v) is 5.32. The quantitative estimate of drug-likeness (QED) is 0.721. The number of carbonyl (C=O) groups is 1. The van der Waals surface area contributed by atoms with Crippen molar-refractivity contribution >= 4 is 6.09 Å². The molecule has 0 aromatic rings. The molecule has 15 heavy (non-hydrogen) atoms. The standard InChI is InChI=1S/C11H22N2O2/c1-8-5-9(6-12)7-13(8)10(14)15-11(2,3)4/h8-9H,5-7,12H2,1-4H3. The zero-order valence-electron chi connectivity index (χ0n) is 10.1. The Morgan fingerprint density at radius 3 is 2.53 bits per heavy atom. The fourth-order valence-corrected chi connectivity index (χ4v) is 1.89. The van der Waals surface area contributed by atoms with Gasteiger partial charge in [-0.3, -0.25) is 0 Å². The van der Waals surface area contributed by atoms with E-state index in [1.807, 2.05) is 27.7 Å². The van der Waals surface area contributed by atoms with E-state index >= 15 is 0 Å². The maximum absolute atomic E-state index is 11.8. The van der Waals surface area contributed by atoms with Crippen molar-refractivity contribution in [1.82, 2.24) is 4.90 Å². The highest BCUT2D eigenvalue weighted by atomic mass is 16.6. The Labute approximate surface area is 91.8 Å². The van der Waals surface area contributed by atoms with Crippen LogP contribution in [0, 0.1) is 5.92 Å². The van der Waals surface area contributed by atoms with Gasteiger partial charge in [-0.15, -0.1) is 0 Å². The van der Waals surface area contributed by atoms with Crippen LogP contribution < -0.4 is 5.73 Å². The molecular weight excluding hydrogens is 192 g/mol. The maximum Gasteiger partial charge on any atom is 0.410 e. The fraction of sp³-hybridized carbons (Fsp3) is 0.909. The second-order valence-electron chi connectivity index (χ2n) is 5.32. The molecule has 1 rings (SSSR count). The van der Waals surface area contributed by atoms with E-state index in [1.165, 1.54) is 0 Å². The Bertz CT molecular complexity index is 235. The molecule has 1 fully saturated rings. The first-order valence-electron chi connectivity index (χ1n) is 5.53. The predicted molar refractivity (Wildman–Crippen MR) is 59.6 cm³/mol. The van der Waals surface area contributed by atoms with Gasteiger partial charge in [0.05, 0.1) is 0 Å². The third-order valence-electron chi connectivity index (χ3n) is 2.62. The van der Waals surface area contributed by atoms with Crippen LogP contribution in [0.5, 0.6) is 0 Å². The minimum absolute atomic E-state index is 0.217. The summed E-state index contributed by atoms with van der Waals surface area (Å²) in [5, 5.41) is 0. The molecule has 1 aliphatic heterocycles. The van der Waals surface area contributed by atoms with E-state index in [0.717, 1.165) is 13.0 Å².